The van der Waals surface area contributed by atoms with E-state index in [1.54, 1.807) is 36.4 Å². The van der Waals surface area contributed by atoms with Gasteiger partial charge in [-0.05, 0) is 55.8 Å². The Kier molecular flexibility index (Phi) is 7.31. The van der Waals surface area contributed by atoms with Crippen molar-refractivity contribution in [2.45, 2.75) is 31.8 Å². The van der Waals surface area contributed by atoms with Gasteiger partial charge in [0.15, 0.2) is 0 Å². The normalized spacial score (nSPS) is 17.5. The van der Waals surface area contributed by atoms with Crippen LogP contribution in [0.3, 0.4) is 0 Å². The summed E-state index contributed by atoms with van der Waals surface area (Å²) in [7, 11) is 0. The van der Waals surface area contributed by atoms with E-state index in [-0.39, 0.29) is 24.2 Å². The SMILES string of the molecule is CC(=O)Nc1ccc(OCC(O)CN2CCCC(c3nc(-c4cccc(F)c4)no3)C2)cc1. The van der Waals surface area contributed by atoms with E-state index in [9.17, 15) is 14.3 Å². The maximum absolute atomic E-state index is 13.5. The van der Waals surface area contributed by atoms with Crippen LogP contribution in [0.4, 0.5) is 10.1 Å². The van der Waals surface area contributed by atoms with Gasteiger partial charge in [0.25, 0.3) is 0 Å². The van der Waals surface area contributed by atoms with E-state index in [4.69, 9.17) is 9.26 Å². The van der Waals surface area contributed by atoms with Crippen molar-refractivity contribution in [1.82, 2.24) is 15.0 Å². The lowest BCUT2D eigenvalue weighted by Crippen LogP contribution is -2.41. The minimum absolute atomic E-state index is 0.0583. The number of hydrogen-bond acceptors (Lipinski definition) is 7. The third kappa shape index (κ3) is 6.36. The number of rotatable bonds is 8. The zero-order valence-corrected chi connectivity index (χ0v) is 18.4. The number of nitrogens with zero attached hydrogens (tertiary/aromatic N) is 3. The summed E-state index contributed by atoms with van der Waals surface area (Å²) in [6.07, 6.45) is 1.19. The second-order valence-corrected chi connectivity index (χ2v) is 8.24. The van der Waals surface area contributed by atoms with Crippen LogP contribution in [0.25, 0.3) is 11.4 Å². The molecule has 2 N–H and O–H groups in total. The zero-order chi connectivity index (χ0) is 23.2. The van der Waals surface area contributed by atoms with Gasteiger partial charge in [-0.3, -0.25) is 9.69 Å². The summed E-state index contributed by atoms with van der Waals surface area (Å²) in [6.45, 7) is 3.63. The number of anilines is 1. The van der Waals surface area contributed by atoms with E-state index in [0.717, 1.165) is 19.4 Å². The first kappa shape index (κ1) is 22.9. The molecular formula is C24H27FN4O4. The number of piperidine rings is 1. The van der Waals surface area contributed by atoms with Crippen molar-refractivity contribution in [2.24, 2.45) is 0 Å². The molecule has 174 valence electrons. The Balaban J connectivity index is 1.28. The van der Waals surface area contributed by atoms with E-state index in [0.29, 0.717) is 41.8 Å². The standard InChI is InChI=1S/C24H27FN4O4/c1-16(30)26-20-7-9-22(10-8-20)32-15-21(31)14-29-11-3-5-18(13-29)24-27-23(28-33-24)17-4-2-6-19(25)12-17/h2,4,6-10,12,18,21,31H,3,5,11,13-15H2,1H3,(H,26,30). The summed E-state index contributed by atoms with van der Waals surface area (Å²) in [6, 6.07) is 13.1. The molecule has 33 heavy (non-hydrogen) atoms. The van der Waals surface area contributed by atoms with Gasteiger partial charge in [0.1, 0.15) is 24.3 Å². The van der Waals surface area contributed by atoms with Crippen molar-refractivity contribution in [1.29, 1.82) is 0 Å². The van der Waals surface area contributed by atoms with Crippen LogP contribution in [-0.2, 0) is 4.79 Å². The molecule has 8 nitrogen and oxygen atoms in total. The van der Waals surface area contributed by atoms with Crippen LogP contribution >= 0.6 is 0 Å². The molecule has 1 aromatic heterocycles. The lowest BCUT2D eigenvalue weighted by atomic mass is 9.97. The number of amides is 1. The molecule has 9 heteroatoms. The minimum atomic E-state index is -0.663. The number of likely N-dealkylation sites (tertiary alicyclic amines) is 1. The molecule has 2 unspecified atom stereocenters. The molecule has 2 heterocycles. The van der Waals surface area contributed by atoms with Crippen molar-refractivity contribution in [3.63, 3.8) is 0 Å². The number of hydrogen-bond donors (Lipinski definition) is 2. The molecule has 3 aromatic rings. The number of benzene rings is 2. The number of β-amino-alcohol motifs (C(OH)–C–C–N with tert-alkyl or cyclic N) is 1. The predicted octanol–water partition coefficient (Wildman–Crippen LogP) is 3.45. The Morgan fingerprint density at radius 1 is 1.33 bits per heavy atom. The molecule has 0 spiro atoms. The van der Waals surface area contributed by atoms with Crippen LogP contribution in [0.5, 0.6) is 5.75 Å². The van der Waals surface area contributed by atoms with Gasteiger partial charge in [0.05, 0.1) is 5.92 Å². The molecule has 1 amide bonds. The summed E-state index contributed by atoms with van der Waals surface area (Å²) in [5, 5.41) is 17.2. The first-order valence-electron chi connectivity index (χ1n) is 11.0. The number of aromatic nitrogens is 2. The first-order valence-corrected chi connectivity index (χ1v) is 11.0. The molecule has 1 fully saturated rings. The van der Waals surface area contributed by atoms with Gasteiger partial charge < -0.3 is 19.7 Å². The molecule has 4 rings (SSSR count). The van der Waals surface area contributed by atoms with Gasteiger partial charge >= 0.3 is 0 Å². The van der Waals surface area contributed by atoms with Crippen molar-refractivity contribution in [3.05, 3.63) is 60.2 Å². The highest BCUT2D eigenvalue weighted by atomic mass is 19.1. The smallest absolute Gasteiger partial charge is 0.231 e. The molecule has 0 bridgehead atoms. The fraction of sp³-hybridized carbons (Fsp3) is 0.375. The average Bonchev–Trinajstić information content (AvgIpc) is 3.29. The zero-order valence-electron chi connectivity index (χ0n) is 18.4. The molecule has 0 aliphatic carbocycles. The topological polar surface area (TPSA) is 101 Å². The molecule has 1 aliphatic heterocycles. The van der Waals surface area contributed by atoms with E-state index >= 15 is 0 Å². The van der Waals surface area contributed by atoms with E-state index in [1.165, 1.54) is 19.1 Å². The van der Waals surface area contributed by atoms with Crippen LogP contribution in [0, 0.1) is 5.82 Å². The predicted molar refractivity (Wildman–Crippen MR) is 120 cm³/mol. The highest BCUT2D eigenvalue weighted by Crippen LogP contribution is 2.28. The summed E-state index contributed by atoms with van der Waals surface area (Å²) in [5.41, 5.74) is 1.27. The fourth-order valence-electron chi connectivity index (χ4n) is 3.95. The van der Waals surface area contributed by atoms with E-state index in [2.05, 4.69) is 20.4 Å². The van der Waals surface area contributed by atoms with Gasteiger partial charge in [0, 0.05) is 31.3 Å². The maximum Gasteiger partial charge on any atom is 0.231 e. The number of aliphatic hydroxyl groups is 1. The van der Waals surface area contributed by atoms with Gasteiger partial charge in [0.2, 0.25) is 17.6 Å². The highest BCUT2D eigenvalue weighted by molar-refractivity contribution is 5.88. The summed E-state index contributed by atoms with van der Waals surface area (Å²) >= 11 is 0. The molecular weight excluding hydrogens is 427 g/mol. The van der Waals surface area contributed by atoms with Crippen molar-refractivity contribution in [2.75, 3.05) is 31.6 Å². The number of halogens is 1. The van der Waals surface area contributed by atoms with E-state index in [1.807, 2.05) is 0 Å². The molecule has 2 aromatic carbocycles. The summed E-state index contributed by atoms with van der Waals surface area (Å²) < 4.78 is 24.6. The Hall–Kier alpha value is -3.30. The van der Waals surface area contributed by atoms with E-state index < -0.39 is 6.10 Å². The molecule has 0 saturated carbocycles. The van der Waals surface area contributed by atoms with Crippen LogP contribution in [0.2, 0.25) is 0 Å². The Morgan fingerprint density at radius 3 is 2.91 bits per heavy atom. The third-order valence-corrected chi connectivity index (χ3v) is 5.47. The van der Waals surface area contributed by atoms with Crippen molar-refractivity contribution >= 4 is 11.6 Å². The fourth-order valence-corrected chi connectivity index (χ4v) is 3.95. The third-order valence-electron chi connectivity index (χ3n) is 5.47. The number of carbonyl (C=O) groups is 1. The lowest BCUT2D eigenvalue weighted by Gasteiger charge is -2.32. The van der Waals surface area contributed by atoms with Crippen molar-refractivity contribution in [3.8, 4) is 17.1 Å². The minimum Gasteiger partial charge on any atom is -0.491 e. The second-order valence-electron chi connectivity index (χ2n) is 8.24. The number of carbonyl (C=O) groups excluding carboxylic acids is 1. The Labute approximate surface area is 191 Å². The van der Waals surface area contributed by atoms with Crippen LogP contribution < -0.4 is 10.1 Å². The molecule has 0 radical (unpaired) electrons. The lowest BCUT2D eigenvalue weighted by molar-refractivity contribution is -0.114. The van der Waals surface area contributed by atoms with Crippen LogP contribution in [0.1, 0.15) is 31.6 Å². The van der Waals surface area contributed by atoms with Crippen molar-refractivity contribution < 1.29 is 23.6 Å². The summed E-state index contributed by atoms with van der Waals surface area (Å²) in [5.74, 6) is 1.11. The monoisotopic (exact) mass is 454 g/mol. The quantitative estimate of drug-likeness (QED) is 0.538. The number of nitrogens with one attached hydrogen (secondary N) is 1. The highest BCUT2D eigenvalue weighted by Gasteiger charge is 2.27. The Morgan fingerprint density at radius 2 is 2.15 bits per heavy atom. The maximum atomic E-state index is 13.5. The van der Waals surface area contributed by atoms with Gasteiger partial charge in [-0.15, -0.1) is 0 Å². The van der Waals surface area contributed by atoms with Crippen LogP contribution in [-0.4, -0.2) is 58.4 Å². The van der Waals surface area contributed by atoms with Gasteiger partial charge in [-0.2, -0.15) is 4.98 Å². The number of aliphatic hydroxyl groups excluding tert-OH is 1. The molecule has 1 aliphatic rings. The number of ether oxygens (including phenoxy) is 1. The average molecular weight is 455 g/mol. The first-order chi connectivity index (χ1) is 16.0. The van der Waals surface area contributed by atoms with Crippen LogP contribution in [0.15, 0.2) is 53.1 Å². The summed E-state index contributed by atoms with van der Waals surface area (Å²) in [4.78, 5) is 17.7. The van der Waals surface area contributed by atoms with Gasteiger partial charge in [-0.1, -0.05) is 17.3 Å². The molecule has 2 atom stereocenters. The molecule has 1 saturated heterocycles. The van der Waals surface area contributed by atoms with Gasteiger partial charge in [-0.25, -0.2) is 4.39 Å². The largest absolute Gasteiger partial charge is 0.491 e. The second kappa shape index (κ2) is 10.5. The Bertz CT molecular complexity index is 1070.